The van der Waals surface area contributed by atoms with E-state index in [1.54, 1.807) is 0 Å². The van der Waals surface area contributed by atoms with Crippen molar-refractivity contribution in [2.75, 3.05) is 13.2 Å². The summed E-state index contributed by atoms with van der Waals surface area (Å²) in [6.07, 6.45) is 17.2. The van der Waals surface area contributed by atoms with Crippen molar-refractivity contribution in [1.82, 2.24) is 0 Å². The van der Waals surface area contributed by atoms with Crippen LogP contribution in [0.4, 0.5) is 0 Å². The highest BCUT2D eigenvalue weighted by Gasteiger charge is 2.31. The first kappa shape index (κ1) is 17.0. The molecule has 114 valence electrons. The lowest BCUT2D eigenvalue weighted by molar-refractivity contribution is -0.0866. The minimum atomic E-state index is 0.115. The average molecular weight is 270 g/mol. The van der Waals surface area contributed by atoms with Gasteiger partial charge in [-0.3, -0.25) is 0 Å². The summed E-state index contributed by atoms with van der Waals surface area (Å²) >= 11 is 0. The fourth-order valence-corrected chi connectivity index (χ4v) is 3.33. The largest absolute Gasteiger partial charge is 0.394 e. The van der Waals surface area contributed by atoms with Gasteiger partial charge in [0.05, 0.1) is 18.8 Å². The van der Waals surface area contributed by atoms with E-state index >= 15 is 0 Å². The first-order chi connectivity index (χ1) is 9.33. The van der Waals surface area contributed by atoms with Crippen molar-refractivity contribution < 1.29 is 9.84 Å². The molecule has 1 N–H and O–H groups in total. The van der Waals surface area contributed by atoms with Gasteiger partial charge in [-0.1, -0.05) is 71.1 Å². The van der Waals surface area contributed by atoms with Crippen LogP contribution in [0.3, 0.4) is 0 Å². The van der Waals surface area contributed by atoms with Crippen molar-refractivity contribution in [2.24, 2.45) is 0 Å². The third-order valence-electron chi connectivity index (χ3n) is 4.50. The molecule has 1 rings (SSSR count). The van der Waals surface area contributed by atoms with Crippen molar-refractivity contribution in [3.8, 4) is 0 Å². The Morgan fingerprint density at radius 2 is 1.53 bits per heavy atom. The second kappa shape index (κ2) is 10.7. The third kappa shape index (κ3) is 7.31. The van der Waals surface area contributed by atoms with Crippen LogP contribution in [0.1, 0.15) is 90.4 Å². The van der Waals surface area contributed by atoms with Gasteiger partial charge in [-0.2, -0.15) is 0 Å². The SMILES string of the molecule is CCCCCCCCCC1(OCCO)CCCCC1. The molecule has 2 heteroatoms. The molecule has 2 nitrogen and oxygen atoms in total. The van der Waals surface area contributed by atoms with Crippen molar-refractivity contribution in [2.45, 2.75) is 96.0 Å². The predicted octanol–water partition coefficient (Wildman–Crippen LogP) is 4.84. The summed E-state index contributed by atoms with van der Waals surface area (Å²) in [5, 5.41) is 8.98. The molecule has 0 aromatic rings. The second-order valence-corrected chi connectivity index (χ2v) is 6.19. The Bertz CT molecular complexity index is 197. The Balaban J connectivity index is 2.14. The number of hydrogen-bond donors (Lipinski definition) is 1. The number of hydrogen-bond acceptors (Lipinski definition) is 2. The monoisotopic (exact) mass is 270 g/mol. The van der Waals surface area contributed by atoms with E-state index in [-0.39, 0.29) is 12.2 Å². The molecule has 0 saturated heterocycles. The van der Waals surface area contributed by atoms with E-state index in [0.717, 1.165) is 0 Å². The van der Waals surface area contributed by atoms with Crippen LogP contribution in [0, 0.1) is 0 Å². The first-order valence-electron chi connectivity index (χ1n) is 8.58. The van der Waals surface area contributed by atoms with Crippen LogP contribution in [-0.4, -0.2) is 23.9 Å². The standard InChI is InChI=1S/C17H34O2/c1-2-3-4-5-6-7-9-12-17(19-16-15-18)13-10-8-11-14-17/h18H,2-16H2,1H3. The van der Waals surface area contributed by atoms with E-state index in [0.29, 0.717) is 6.61 Å². The van der Waals surface area contributed by atoms with Gasteiger partial charge in [0.1, 0.15) is 0 Å². The molecule has 19 heavy (non-hydrogen) atoms. The maximum Gasteiger partial charge on any atom is 0.0705 e. The van der Waals surface area contributed by atoms with Crippen LogP contribution in [0.25, 0.3) is 0 Å². The van der Waals surface area contributed by atoms with Gasteiger partial charge in [0.15, 0.2) is 0 Å². The molecule has 0 radical (unpaired) electrons. The van der Waals surface area contributed by atoms with E-state index in [1.165, 1.54) is 83.5 Å². The number of unbranched alkanes of at least 4 members (excludes halogenated alkanes) is 6. The van der Waals surface area contributed by atoms with Crippen LogP contribution < -0.4 is 0 Å². The molecule has 1 aliphatic carbocycles. The highest BCUT2D eigenvalue weighted by molar-refractivity contribution is 4.84. The number of rotatable bonds is 11. The zero-order valence-electron chi connectivity index (χ0n) is 13.0. The Hall–Kier alpha value is -0.0800. The van der Waals surface area contributed by atoms with E-state index in [4.69, 9.17) is 9.84 Å². The van der Waals surface area contributed by atoms with E-state index in [9.17, 15) is 0 Å². The molecule has 0 atom stereocenters. The topological polar surface area (TPSA) is 29.5 Å². The van der Waals surface area contributed by atoms with Gasteiger partial charge in [-0.15, -0.1) is 0 Å². The highest BCUT2D eigenvalue weighted by Crippen LogP contribution is 2.36. The normalized spacial score (nSPS) is 18.6. The minimum Gasteiger partial charge on any atom is -0.394 e. The number of aliphatic hydroxyl groups is 1. The molecule has 1 aliphatic rings. The summed E-state index contributed by atoms with van der Waals surface area (Å²) in [5.41, 5.74) is 0.115. The molecule has 1 saturated carbocycles. The molecule has 0 bridgehead atoms. The summed E-state index contributed by atoms with van der Waals surface area (Å²) in [6, 6.07) is 0. The van der Waals surface area contributed by atoms with E-state index < -0.39 is 0 Å². The van der Waals surface area contributed by atoms with Crippen LogP contribution in [0.15, 0.2) is 0 Å². The fraction of sp³-hybridized carbons (Fsp3) is 1.00. The lowest BCUT2D eigenvalue weighted by Gasteiger charge is -2.37. The van der Waals surface area contributed by atoms with Gasteiger partial charge >= 0.3 is 0 Å². The zero-order chi connectivity index (χ0) is 13.8. The molecule has 1 fully saturated rings. The van der Waals surface area contributed by atoms with Crippen LogP contribution >= 0.6 is 0 Å². The van der Waals surface area contributed by atoms with Gasteiger partial charge < -0.3 is 9.84 Å². The molecular weight excluding hydrogens is 236 g/mol. The quantitative estimate of drug-likeness (QED) is 0.544. The van der Waals surface area contributed by atoms with E-state index in [2.05, 4.69) is 6.92 Å². The first-order valence-corrected chi connectivity index (χ1v) is 8.58. The highest BCUT2D eigenvalue weighted by atomic mass is 16.5. The zero-order valence-corrected chi connectivity index (χ0v) is 13.0. The summed E-state index contributed by atoms with van der Waals surface area (Å²) in [4.78, 5) is 0. The summed E-state index contributed by atoms with van der Waals surface area (Å²) in [6.45, 7) is 2.96. The minimum absolute atomic E-state index is 0.115. The van der Waals surface area contributed by atoms with Crippen LogP contribution in [0.5, 0.6) is 0 Å². The summed E-state index contributed by atoms with van der Waals surface area (Å²) in [7, 11) is 0. The van der Waals surface area contributed by atoms with Gasteiger partial charge in [-0.05, 0) is 19.3 Å². The molecule has 0 amide bonds. The average Bonchev–Trinajstić information content (AvgIpc) is 2.45. The third-order valence-corrected chi connectivity index (χ3v) is 4.50. The van der Waals surface area contributed by atoms with Crippen molar-refractivity contribution in [1.29, 1.82) is 0 Å². The molecule has 0 aromatic heterocycles. The number of ether oxygens (including phenoxy) is 1. The Morgan fingerprint density at radius 1 is 0.895 bits per heavy atom. The van der Waals surface area contributed by atoms with Crippen molar-refractivity contribution in [3.63, 3.8) is 0 Å². The maximum atomic E-state index is 8.98. The smallest absolute Gasteiger partial charge is 0.0705 e. The Morgan fingerprint density at radius 3 is 2.16 bits per heavy atom. The summed E-state index contributed by atoms with van der Waals surface area (Å²) in [5.74, 6) is 0. The Labute approximate surface area is 119 Å². The predicted molar refractivity (Wildman–Crippen MR) is 81.5 cm³/mol. The van der Waals surface area contributed by atoms with Gasteiger partial charge in [0, 0.05) is 0 Å². The molecular formula is C17H34O2. The number of aliphatic hydroxyl groups excluding tert-OH is 1. The maximum absolute atomic E-state index is 8.98. The molecule has 0 aromatic carbocycles. The molecule has 0 heterocycles. The van der Waals surface area contributed by atoms with Crippen LogP contribution in [0.2, 0.25) is 0 Å². The van der Waals surface area contributed by atoms with E-state index in [1.807, 2.05) is 0 Å². The molecule has 0 spiro atoms. The summed E-state index contributed by atoms with van der Waals surface area (Å²) < 4.78 is 6.01. The van der Waals surface area contributed by atoms with Crippen molar-refractivity contribution >= 4 is 0 Å². The van der Waals surface area contributed by atoms with Crippen LogP contribution in [-0.2, 0) is 4.74 Å². The van der Waals surface area contributed by atoms with Gasteiger partial charge in [-0.25, -0.2) is 0 Å². The molecule has 0 aliphatic heterocycles. The van der Waals surface area contributed by atoms with Gasteiger partial charge in [0.2, 0.25) is 0 Å². The van der Waals surface area contributed by atoms with Crippen molar-refractivity contribution in [3.05, 3.63) is 0 Å². The fourth-order valence-electron chi connectivity index (χ4n) is 3.33. The lowest BCUT2D eigenvalue weighted by atomic mass is 9.81. The second-order valence-electron chi connectivity index (χ2n) is 6.19. The van der Waals surface area contributed by atoms with Gasteiger partial charge in [0.25, 0.3) is 0 Å². The molecule has 0 unspecified atom stereocenters. The lowest BCUT2D eigenvalue weighted by Crippen LogP contribution is -2.36. The Kier molecular flexibility index (Phi) is 9.54.